The number of para-hydroxylation sites is 2. The zero-order chi connectivity index (χ0) is 16.9. The molecule has 0 aliphatic heterocycles. The fourth-order valence-electron chi connectivity index (χ4n) is 2.57. The van der Waals surface area contributed by atoms with E-state index < -0.39 is 11.1 Å². The van der Waals surface area contributed by atoms with Crippen molar-refractivity contribution in [3.05, 3.63) is 80.9 Å². The summed E-state index contributed by atoms with van der Waals surface area (Å²) < 4.78 is 1.20. The van der Waals surface area contributed by atoms with Gasteiger partial charge in [-0.15, -0.1) is 0 Å². The van der Waals surface area contributed by atoms with Gasteiger partial charge in [-0.05, 0) is 24.1 Å². The van der Waals surface area contributed by atoms with Gasteiger partial charge >= 0.3 is 11.1 Å². The summed E-state index contributed by atoms with van der Waals surface area (Å²) in [5, 5.41) is 2.78. The minimum Gasteiger partial charge on any atom is -0.354 e. The van der Waals surface area contributed by atoms with Crippen LogP contribution in [-0.2, 0) is 17.8 Å². The Bertz CT molecular complexity index is 974. The summed E-state index contributed by atoms with van der Waals surface area (Å²) in [4.78, 5) is 38.4. The Morgan fingerprint density at radius 3 is 2.50 bits per heavy atom. The van der Waals surface area contributed by atoms with Crippen molar-refractivity contribution in [2.24, 2.45) is 0 Å². The highest BCUT2D eigenvalue weighted by Gasteiger charge is 2.10. The molecule has 24 heavy (non-hydrogen) atoms. The van der Waals surface area contributed by atoms with Crippen LogP contribution in [0, 0.1) is 0 Å². The molecule has 0 aliphatic carbocycles. The summed E-state index contributed by atoms with van der Waals surface area (Å²) in [5.41, 5.74) is 0.716. The second kappa shape index (κ2) is 6.95. The molecule has 0 bridgehead atoms. The van der Waals surface area contributed by atoms with E-state index in [1.807, 2.05) is 30.3 Å². The quantitative estimate of drug-likeness (QED) is 0.688. The lowest BCUT2D eigenvalue weighted by Crippen LogP contribution is -2.40. The number of nitrogens with one attached hydrogen (secondary N) is 2. The van der Waals surface area contributed by atoms with Gasteiger partial charge < -0.3 is 10.3 Å². The summed E-state index contributed by atoms with van der Waals surface area (Å²) in [6.07, 6.45) is 0.706. The van der Waals surface area contributed by atoms with E-state index in [0.717, 1.165) is 5.56 Å². The van der Waals surface area contributed by atoms with Crippen molar-refractivity contribution in [1.82, 2.24) is 14.9 Å². The highest BCUT2D eigenvalue weighted by Crippen LogP contribution is 2.06. The van der Waals surface area contributed by atoms with E-state index in [1.54, 1.807) is 24.3 Å². The lowest BCUT2D eigenvalue weighted by atomic mass is 10.1. The molecule has 1 heterocycles. The van der Waals surface area contributed by atoms with E-state index in [4.69, 9.17) is 0 Å². The third-order valence-electron chi connectivity index (χ3n) is 3.76. The fraction of sp³-hybridized carbons (Fsp3) is 0.167. The molecule has 0 fully saturated rings. The van der Waals surface area contributed by atoms with Crippen LogP contribution in [0.2, 0.25) is 0 Å². The summed E-state index contributed by atoms with van der Waals surface area (Å²) in [6, 6.07) is 16.7. The monoisotopic (exact) mass is 323 g/mol. The molecule has 122 valence electrons. The topological polar surface area (TPSA) is 84.0 Å². The van der Waals surface area contributed by atoms with Crippen LogP contribution >= 0.6 is 0 Å². The molecule has 3 aromatic rings. The van der Waals surface area contributed by atoms with Crippen molar-refractivity contribution >= 4 is 16.9 Å². The first kappa shape index (κ1) is 15.7. The van der Waals surface area contributed by atoms with E-state index in [2.05, 4.69) is 10.3 Å². The van der Waals surface area contributed by atoms with E-state index >= 15 is 0 Å². The van der Waals surface area contributed by atoms with Crippen molar-refractivity contribution in [2.75, 3.05) is 6.54 Å². The average Bonchev–Trinajstić information content (AvgIpc) is 2.60. The van der Waals surface area contributed by atoms with Crippen LogP contribution in [0.5, 0.6) is 0 Å². The number of hydrogen-bond acceptors (Lipinski definition) is 3. The van der Waals surface area contributed by atoms with Crippen molar-refractivity contribution < 1.29 is 4.79 Å². The first-order chi connectivity index (χ1) is 11.6. The predicted octanol–water partition coefficient (Wildman–Crippen LogP) is 1.05. The Hall–Kier alpha value is -3.15. The van der Waals surface area contributed by atoms with Gasteiger partial charge in [0.05, 0.1) is 11.0 Å². The van der Waals surface area contributed by atoms with Gasteiger partial charge in [0.1, 0.15) is 6.54 Å². The molecule has 2 aromatic carbocycles. The molecule has 0 saturated carbocycles. The minimum absolute atomic E-state index is 0.182. The molecular weight excluding hydrogens is 306 g/mol. The van der Waals surface area contributed by atoms with Gasteiger partial charge in [-0.3, -0.25) is 19.0 Å². The molecule has 0 saturated heterocycles. The van der Waals surface area contributed by atoms with Gasteiger partial charge in [0.2, 0.25) is 5.91 Å². The molecule has 1 amide bonds. The molecule has 2 N–H and O–H groups in total. The first-order valence-corrected chi connectivity index (χ1v) is 7.67. The van der Waals surface area contributed by atoms with Gasteiger partial charge in [0.15, 0.2) is 0 Å². The smallest absolute Gasteiger partial charge is 0.317 e. The maximum absolute atomic E-state index is 12.1. The lowest BCUT2D eigenvalue weighted by Gasteiger charge is -2.10. The Labute approximate surface area is 137 Å². The van der Waals surface area contributed by atoms with E-state index in [0.29, 0.717) is 24.0 Å². The highest BCUT2D eigenvalue weighted by molar-refractivity contribution is 5.79. The number of H-pyrrole nitrogens is 1. The summed E-state index contributed by atoms with van der Waals surface area (Å²) >= 11 is 0. The Morgan fingerprint density at radius 1 is 1.00 bits per heavy atom. The second-order valence-electron chi connectivity index (χ2n) is 5.45. The van der Waals surface area contributed by atoms with E-state index in [9.17, 15) is 14.4 Å². The van der Waals surface area contributed by atoms with Crippen molar-refractivity contribution in [3.8, 4) is 0 Å². The number of aromatic amines is 1. The number of aromatic nitrogens is 2. The van der Waals surface area contributed by atoms with Crippen LogP contribution < -0.4 is 16.4 Å². The van der Waals surface area contributed by atoms with Crippen LogP contribution in [0.4, 0.5) is 0 Å². The van der Waals surface area contributed by atoms with Crippen LogP contribution in [-0.4, -0.2) is 22.0 Å². The summed E-state index contributed by atoms with van der Waals surface area (Å²) in [6.45, 7) is 0.288. The Morgan fingerprint density at radius 2 is 1.71 bits per heavy atom. The number of nitrogens with zero attached hydrogens (tertiary/aromatic N) is 1. The Kier molecular flexibility index (Phi) is 4.56. The van der Waals surface area contributed by atoms with Gasteiger partial charge in [0.25, 0.3) is 0 Å². The van der Waals surface area contributed by atoms with Gasteiger partial charge in [-0.1, -0.05) is 42.5 Å². The van der Waals surface area contributed by atoms with Crippen molar-refractivity contribution in [2.45, 2.75) is 13.0 Å². The third kappa shape index (κ3) is 3.43. The minimum atomic E-state index is -0.731. The average molecular weight is 323 g/mol. The molecule has 0 radical (unpaired) electrons. The zero-order valence-electron chi connectivity index (χ0n) is 13.0. The van der Waals surface area contributed by atoms with Gasteiger partial charge in [-0.25, -0.2) is 0 Å². The van der Waals surface area contributed by atoms with Gasteiger partial charge in [0, 0.05) is 6.54 Å². The highest BCUT2D eigenvalue weighted by atomic mass is 16.2. The van der Waals surface area contributed by atoms with Crippen LogP contribution in [0.1, 0.15) is 5.56 Å². The van der Waals surface area contributed by atoms with Gasteiger partial charge in [-0.2, -0.15) is 0 Å². The Balaban J connectivity index is 1.73. The molecule has 0 aliphatic rings. The molecule has 3 rings (SSSR count). The molecule has 0 atom stereocenters. The molecule has 1 aromatic heterocycles. The van der Waals surface area contributed by atoms with Crippen LogP contribution in [0.3, 0.4) is 0 Å². The summed E-state index contributed by atoms with van der Waals surface area (Å²) in [7, 11) is 0. The number of hydrogen-bond donors (Lipinski definition) is 2. The van der Waals surface area contributed by atoms with E-state index in [1.165, 1.54) is 4.57 Å². The number of benzene rings is 2. The third-order valence-corrected chi connectivity index (χ3v) is 3.76. The molecule has 0 unspecified atom stereocenters. The zero-order valence-corrected chi connectivity index (χ0v) is 13.0. The van der Waals surface area contributed by atoms with Crippen LogP contribution in [0.15, 0.2) is 64.2 Å². The number of carbonyl (C=O) groups is 1. The SMILES string of the molecule is O=C(Cn1c(=O)c(=O)[nH]c2ccccc21)NCCc1ccccc1. The van der Waals surface area contributed by atoms with Crippen molar-refractivity contribution in [1.29, 1.82) is 0 Å². The molecule has 6 nitrogen and oxygen atoms in total. The second-order valence-corrected chi connectivity index (χ2v) is 5.45. The summed E-state index contributed by atoms with van der Waals surface area (Å²) in [5.74, 6) is -0.302. The maximum atomic E-state index is 12.1. The first-order valence-electron chi connectivity index (χ1n) is 7.67. The molecular formula is C18H17N3O3. The number of rotatable bonds is 5. The normalized spacial score (nSPS) is 10.7. The molecule has 6 heteroatoms. The maximum Gasteiger partial charge on any atom is 0.317 e. The largest absolute Gasteiger partial charge is 0.354 e. The number of amides is 1. The standard InChI is InChI=1S/C18H17N3O3/c22-16(19-11-10-13-6-2-1-3-7-13)12-21-15-9-5-4-8-14(15)20-17(23)18(21)24/h1-9H,10-12H2,(H,19,22)(H,20,23). The van der Waals surface area contributed by atoms with Crippen molar-refractivity contribution in [3.63, 3.8) is 0 Å². The fourth-order valence-corrected chi connectivity index (χ4v) is 2.57. The lowest BCUT2D eigenvalue weighted by molar-refractivity contribution is -0.121. The number of carbonyl (C=O) groups excluding carboxylic acids is 1. The van der Waals surface area contributed by atoms with Crippen LogP contribution in [0.25, 0.3) is 11.0 Å². The predicted molar refractivity (Wildman–Crippen MR) is 92.0 cm³/mol. The number of fused-ring (bicyclic) bond motifs is 1. The molecule has 0 spiro atoms. The van der Waals surface area contributed by atoms with E-state index in [-0.39, 0.29) is 12.5 Å².